The molecule has 7 rings (SSSR count). The van der Waals surface area contributed by atoms with Crippen molar-refractivity contribution < 1.29 is 18.7 Å². The molecule has 0 spiro atoms. The lowest BCUT2D eigenvalue weighted by Crippen LogP contribution is -2.49. The van der Waals surface area contributed by atoms with E-state index >= 15 is 4.39 Å². The second kappa shape index (κ2) is 8.46. The van der Waals surface area contributed by atoms with Crippen LogP contribution in [0.15, 0.2) is 50.1 Å². The van der Waals surface area contributed by atoms with Crippen LogP contribution >= 0.6 is 11.6 Å². The SMILES string of the molecule is CC[C@@]1(C)C(=O)OCc2c1cc1n(c2=O)CC2=C1NC1C=C(F)C(Cl)=C3CCC(NC(=O)C4(C(C)(C)C)CC4)C2=C31. The minimum absolute atomic E-state index is 0.0499. The number of rotatable bonds is 3. The number of dihydropyridines is 1. The van der Waals surface area contributed by atoms with Gasteiger partial charge in [0.25, 0.3) is 5.56 Å². The number of carbonyl (C=O) groups is 2. The van der Waals surface area contributed by atoms with Crippen LogP contribution in [0.3, 0.4) is 0 Å². The minimum Gasteiger partial charge on any atom is -0.460 e. The normalized spacial score (nSPS) is 29.1. The number of hydrogen-bond acceptors (Lipinski definition) is 5. The largest absolute Gasteiger partial charge is 0.460 e. The van der Waals surface area contributed by atoms with Crippen LogP contribution in [0.5, 0.6) is 0 Å². The summed E-state index contributed by atoms with van der Waals surface area (Å²) in [6, 6.07) is 1.16. The van der Waals surface area contributed by atoms with Crippen molar-refractivity contribution in [2.24, 2.45) is 10.8 Å². The van der Waals surface area contributed by atoms with Gasteiger partial charge in [-0.25, -0.2) is 4.39 Å². The Morgan fingerprint density at radius 1 is 1.24 bits per heavy atom. The number of cyclic esters (lactones) is 1. The molecule has 1 amide bonds. The maximum absolute atomic E-state index is 15.1. The fourth-order valence-corrected chi connectivity index (χ4v) is 7.93. The van der Waals surface area contributed by atoms with Crippen LogP contribution in [0.4, 0.5) is 4.39 Å². The Morgan fingerprint density at radius 2 is 1.98 bits per heavy atom. The minimum atomic E-state index is -0.933. The van der Waals surface area contributed by atoms with E-state index < -0.39 is 22.7 Å². The van der Waals surface area contributed by atoms with E-state index in [1.165, 1.54) is 6.08 Å². The van der Waals surface area contributed by atoms with Crippen LogP contribution < -0.4 is 16.2 Å². The van der Waals surface area contributed by atoms with Crippen molar-refractivity contribution in [3.05, 3.63) is 72.5 Å². The monoisotopic (exact) mass is 579 g/mol. The number of halogens is 2. The van der Waals surface area contributed by atoms with Crippen LogP contribution in [-0.4, -0.2) is 28.5 Å². The van der Waals surface area contributed by atoms with Gasteiger partial charge in [-0.05, 0) is 78.9 Å². The van der Waals surface area contributed by atoms with Gasteiger partial charge in [0.15, 0.2) is 0 Å². The Kier molecular flexibility index (Phi) is 5.52. The van der Waals surface area contributed by atoms with Crippen LogP contribution in [0, 0.1) is 10.8 Å². The molecule has 1 aromatic rings. The summed E-state index contributed by atoms with van der Waals surface area (Å²) in [6.45, 7) is 10.3. The summed E-state index contributed by atoms with van der Waals surface area (Å²) >= 11 is 6.52. The number of pyridine rings is 1. The highest BCUT2D eigenvalue weighted by Gasteiger charge is 2.58. The molecule has 0 aromatic carbocycles. The first-order valence-corrected chi connectivity index (χ1v) is 15.0. The number of carbonyl (C=O) groups excluding carboxylic acids is 2. The van der Waals surface area contributed by atoms with E-state index in [2.05, 4.69) is 31.4 Å². The van der Waals surface area contributed by atoms with Gasteiger partial charge in [0.1, 0.15) is 12.4 Å². The van der Waals surface area contributed by atoms with Gasteiger partial charge in [-0.3, -0.25) is 14.4 Å². The van der Waals surface area contributed by atoms with Crippen LogP contribution in [0.25, 0.3) is 5.70 Å². The Bertz CT molecular complexity index is 1650. The number of allylic oxidation sites excluding steroid dienone is 2. The number of nitrogens with one attached hydrogen (secondary N) is 2. The first-order valence-electron chi connectivity index (χ1n) is 14.6. The molecule has 3 atom stereocenters. The predicted molar refractivity (Wildman–Crippen MR) is 153 cm³/mol. The molecule has 1 aromatic heterocycles. The van der Waals surface area contributed by atoms with Crippen molar-refractivity contribution in [2.45, 2.75) is 97.4 Å². The van der Waals surface area contributed by atoms with Crippen LogP contribution in [0.1, 0.15) is 83.5 Å². The molecular weight excluding hydrogens is 545 g/mol. The number of ether oxygens (including phenoxy) is 1. The average molecular weight is 580 g/mol. The molecule has 2 N–H and O–H groups in total. The van der Waals surface area contributed by atoms with Crippen LogP contribution in [0.2, 0.25) is 0 Å². The number of aromatic nitrogens is 1. The summed E-state index contributed by atoms with van der Waals surface area (Å²) in [4.78, 5) is 40.5. The van der Waals surface area contributed by atoms with E-state index in [-0.39, 0.29) is 40.5 Å². The van der Waals surface area contributed by atoms with Gasteiger partial charge >= 0.3 is 5.97 Å². The predicted octanol–water partition coefficient (Wildman–Crippen LogP) is 5.03. The molecular formula is C32H35ClFN3O4. The van der Waals surface area contributed by atoms with E-state index in [1.807, 2.05) is 19.9 Å². The van der Waals surface area contributed by atoms with Gasteiger partial charge in [-0.15, -0.1) is 0 Å². The average Bonchev–Trinajstić information content (AvgIpc) is 3.68. The Balaban J connectivity index is 1.39. The van der Waals surface area contributed by atoms with E-state index in [4.69, 9.17) is 16.3 Å². The molecule has 3 aliphatic carbocycles. The Hall–Kier alpha value is -3.13. The number of fused-ring (bicyclic) bond motifs is 4. The lowest BCUT2D eigenvalue weighted by Gasteiger charge is -2.41. The summed E-state index contributed by atoms with van der Waals surface area (Å²) in [5.41, 5.74) is 4.39. The number of amides is 1. The van der Waals surface area contributed by atoms with Gasteiger partial charge < -0.3 is 19.9 Å². The molecule has 7 nitrogen and oxygen atoms in total. The smallest absolute Gasteiger partial charge is 0.316 e. The van der Waals surface area contributed by atoms with E-state index in [9.17, 15) is 14.4 Å². The summed E-state index contributed by atoms with van der Waals surface area (Å²) in [5, 5.41) is 7.02. The molecule has 216 valence electrons. The molecule has 9 heteroatoms. The zero-order valence-electron chi connectivity index (χ0n) is 24.1. The summed E-state index contributed by atoms with van der Waals surface area (Å²) < 4.78 is 22.2. The number of hydrogen-bond donors (Lipinski definition) is 2. The van der Waals surface area contributed by atoms with Crippen LogP contribution in [-0.2, 0) is 32.9 Å². The second-order valence-corrected chi connectivity index (χ2v) is 14.0. The lowest BCUT2D eigenvalue weighted by atomic mass is 9.72. The lowest BCUT2D eigenvalue weighted by molar-refractivity contribution is -0.153. The quantitative estimate of drug-likeness (QED) is 0.490. The third-order valence-electron chi connectivity index (χ3n) is 10.7. The van der Waals surface area contributed by atoms with Crippen molar-refractivity contribution in [3.63, 3.8) is 0 Å². The number of nitrogens with zero attached hydrogens (tertiary/aromatic N) is 1. The maximum atomic E-state index is 15.1. The summed E-state index contributed by atoms with van der Waals surface area (Å²) in [7, 11) is 0. The first kappa shape index (κ1) is 26.7. The molecule has 0 saturated heterocycles. The zero-order valence-corrected chi connectivity index (χ0v) is 24.9. The van der Waals surface area contributed by atoms with Gasteiger partial charge in [-0.2, -0.15) is 0 Å². The Morgan fingerprint density at radius 3 is 2.63 bits per heavy atom. The summed E-state index contributed by atoms with van der Waals surface area (Å²) in [6.07, 6.45) is 4.82. The van der Waals surface area contributed by atoms with Gasteiger partial charge in [0.05, 0.1) is 51.4 Å². The van der Waals surface area contributed by atoms with Gasteiger partial charge in [-0.1, -0.05) is 39.3 Å². The molecule has 1 fully saturated rings. The topological polar surface area (TPSA) is 89.4 Å². The van der Waals surface area contributed by atoms with Crippen molar-refractivity contribution in [1.29, 1.82) is 0 Å². The molecule has 0 radical (unpaired) electrons. The molecule has 4 heterocycles. The maximum Gasteiger partial charge on any atom is 0.316 e. The van der Waals surface area contributed by atoms with Gasteiger partial charge in [0, 0.05) is 5.57 Å². The summed E-state index contributed by atoms with van der Waals surface area (Å²) in [5.74, 6) is -0.759. The van der Waals surface area contributed by atoms with Crippen molar-refractivity contribution in [1.82, 2.24) is 15.2 Å². The molecule has 0 bridgehead atoms. The second-order valence-electron chi connectivity index (χ2n) is 13.6. The fraction of sp³-hybridized carbons (Fsp3) is 0.531. The molecule has 41 heavy (non-hydrogen) atoms. The fourth-order valence-electron chi connectivity index (χ4n) is 7.67. The third-order valence-corrected chi connectivity index (χ3v) is 11.1. The molecule has 1 saturated carbocycles. The number of esters is 1. The van der Waals surface area contributed by atoms with E-state index in [0.717, 1.165) is 40.8 Å². The van der Waals surface area contributed by atoms with Gasteiger partial charge in [0.2, 0.25) is 5.91 Å². The van der Waals surface area contributed by atoms with Crippen molar-refractivity contribution in [3.8, 4) is 0 Å². The third kappa shape index (κ3) is 3.46. The van der Waals surface area contributed by atoms with E-state index in [1.54, 1.807) is 4.57 Å². The zero-order chi connectivity index (χ0) is 29.2. The molecule has 3 aliphatic heterocycles. The first-order chi connectivity index (χ1) is 19.3. The highest BCUT2D eigenvalue weighted by molar-refractivity contribution is 6.32. The standard InChI is InChI=1S/C32H35ClFN3O4/c1-6-31(5)18-11-22-26-16(13-37(22)27(38)17(18)14-41-29(31)40)24-20(36-28(39)32(9-10-32)30(2,3)4)8-7-15-23(24)21(35-26)12-19(34)25(15)33/h11-12,20-21,35H,6-10,13-14H2,1-5H3,(H,36,39)/t20?,21?,31-/m1/s1. The van der Waals surface area contributed by atoms with Crippen molar-refractivity contribution in [2.75, 3.05) is 0 Å². The Labute approximate surface area is 243 Å². The van der Waals surface area contributed by atoms with Crippen molar-refractivity contribution >= 4 is 29.2 Å². The highest BCUT2D eigenvalue weighted by atomic mass is 35.5. The molecule has 6 aliphatic rings. The molecule has 2 unspecified atom stereocenters. The van der Waals surface area contributed by atoms with E-state index in [0.29, 0.717) is 42.6 Å². The highest BCUT2D eigenvalue weighted by Crippen LogP contribution is 2.59.